The molecule has 3 aliphatic rings. The highest BCUT2D eigenvalue weighted by Gasteiger charge is 2.45. The van der Waals surface area contributed by atoms with Crippen LogP contribution in [-0.2, 0) is 16.6 Å². The molecule has 172 valence electrons. The maximum atomic E-state index is 5.27. The predicted octanol–water partition coefficient (Wildman–Crippen LogP) is 3.58. The van der Waals surface area contributed by atoms with Crippen molar-refractivity contribution in [2.24, 2.45) is 0 Å². The molecule has 1 spiro atoms. The molecule has 0 radical (unpaired) electrons. The van der Waals surface area contributed by atoms with Crippen molar-refractivity contribution < 1.29 is 4.74 Å². The van der Waals surface area contributed by atoms with Gasteiger partial charge in [-0.1, -0.05) is 30.3 Å². The molecule has 2 aromatic rings. The summed E-state index contributed by atoms with van der Waals surface area (Å²) in [6, 6.07) is 11.2. The number of hydrogen-bond donors (Lipinski definition) is 1. The van der Waals surface area contributed by atoms with Gasteiger partial charge in [0.2, 0.25) is 0 Å². The van der Waals surface area contributed by atoms with Gasteiger partial charge in [0.15, 0.2) is 5.82 Å². The zero-order valence-corrected chi connectivity index (χ0v) is 19.6. The molecule has 0 saturated carbocycles. The molecule has 1 N–H and O–H groups in total. The average Bonchev–Trinajstić information content (AvgIpc) is 3.19. The van der Waals surface area contributed by atoms with Gasteiger partial charge in [-0.2, -0.15) is 0 Å². The first-order chi connectivity index (χ1) is 15.7. The van der Waals surface area contributed by atoms with Crippen LogP contribution >= 0.6 is 0 Å². The maximum Gasteiger partial charge on any atom is 0.161 e. The summed E-state index contributed by atoms with van der Waals surface area (Å²) in [6.45, 7) is 6.32. The Morgan fingerprint density at radius 3 is 2.50 bits per heavy atom. The molecule has 1 aromatic heterocycles. The highest BCUT2D eigenvalue weighted by atomic mass is 16.5. The van der Waals surface area contributed by atoms with Gasteiger partial charge in [-0.05, 0) is 71.8 Å². The number of fused-ring (bicyclic) bond motifs is 2. The molecule has 1 aliphatic carbocycles. The Balaban J connectivity index is 1.40. The number of benzene rings is 1. The second kappa shape index (κ2) is 9.46. The van der Waals surface area contributed by atoms with Crippen molar-refractivity contribution in [3.05, 3.63) is 41.6 Å². The van der Waals surface area contributed by atoms with Crippen molar-refractivity contribution in [3.8, 4) is 11.4 Å². The summed E-state index contributed by atoms with van der Waals surface area (Å²) < 4.78 is 5.27. The molecule has 3 heterocycles. The standard InChI is InChI=1S/C26H37N5O/c1-30-15-9-21(10-16-30)31-17-12-26(13-18-31)11-8-22-23(26)28-24(20-6-4-3-5-7-20)29-25(22)27-14-19-32-2/h3-7,21H,8-19H2,1-2H3,(H,27,28,29). The Morgan fingerprint density at radius 1 is 1.03 bits per heavy atom. The number of rotatable bonds is 6. The Bertz CT molecular complexity index is 902. The zero-order chi connectivity index (χ0) is 22.0. The molecule has 1 aromatic carbocycles. The molecule has 2 fully saturated rings. The van der Waals surface area contributed by atoms with E-state index in [1.54, 1.807) is 7.11 Å². The maximum absolute atomic E-state index is 5.27. The highest BCUT2D eigenvalue weighted by molar-refractivity contribution is 5.62. The summed E-state index contributed by atoms with van der Waals surface area (Å²) in [4.78, 5) is 15.4. The van der Waals surface area contributed by atoms with Gasteiger partial charge in [0.05, 0.1) is 12.3 Å². The third kappa shape index (κ3) is 4.28. The number of piperidine rings is 2. The lowest BCUT2D eigenvalue weighted by atomic mass is 9.75. The Labute approximate surface area is 192 Å². The Kier molecular flexibility index (Phi) is 6.44. The van der Waals surface area contributed by atoms with Crippen LogP contribution in [0.25, 0.3) is 11.4 Å². The molecule has 6 heteroatoms. The minimum absolute atomic E-state index is 0.210. The van der Waals surface area contributed by atoms with Crippen LogP contribution in [0.3, 0.4) is 0 Å². The molecule has 0 unspecified atom stereocenters. The summed E-state index contributed by atoms with van der Waals surface area (Å²) >= 11 is 0. The monoisotopic (exact) mass is 435 g/mol. The fourth-order valence-corrected chi connectivity index (χ4v) is 5.94. The van der Waals surface area contributed by atoms with Crippen LogP contribution in [0.2, 0.25) is 0 Å². The fourth-order valence-electron chi connectivity index (χ4n) is 5.94. The molecular formula is C26H37N5O. The summed E-state index contributed by atoms with van der Waals surface area (Å²) in [5, 5.41) is 3.55. The average molecular weight is 436 g/mol. The minimum Gasteiger partial charge on any atom is -0.383 e. The van der Waals surface area contributed by atoms with Gasteiger partial charge in [0.1, 0.15) is 5.82 Å². The van der Waals surface area contributed by atoms with E-state index >= 15 is 0 Å². The number of likely N-dealkylation sites (tertiary alicyclic amines) is 2. The van der Waals surface area contributed by atoms with Crippen molar-refractivity contribution in [2.75, 3.05) is 58.8 Å². The molecule has 32 heavy (non-hydrogen) atoms. The molecule has 0 amide bonds. The summed E-state index contributed by atoms with van der Waals surface area (Å²) in [5.74, 6) is 1.86. The van der Waals surface area contributed by atoms with Gasteiger partial charge in [0.25, 0.3) is 0 Å². The van der Waals surface area contributed by atoms with Gasteiger partial charge < -0.3 is 19.9 Å². The molecule has 2 saturated heterocycles. The number of nitrogens with one attached hydrogen (secondary N) is 1. The summed E-state index contributed by atoms with van der Waals surface area (Å²) in [5.41, 5.74) is 3.96. The predicted molar refractivity (Wildman–Crippen MR) is 129 cm³/mol. The van der Waals surface area contributed by atoms with Gasteiger partial charge in [0, 0.05) is 36.2 Å². The Hall–Kier alpha value is -2.02. The van der Waals surface area contributed by atoms with E-state index in [1.165, 1.54) is 69.5 Å². The van der Waals surface area contributed by atoms with Gasteiger partial charge in [-0.25, -0.2) is 9.97 Å². The molecule has 0 bridgehead atoms. The number of methoxy groups -OCH3 is 1. The number of ether oxygens (including phenoxy) is 1. The van der Waals surface area contributed by atoms with Crippen molar-refractivity contribution in [3.63, 3.8) is 0 Å². The van der Waals surface area contributed by atoms with Crippen molar-refractivity contribution >= 4 is 5.82 Å². The van der Waals surface area contributed by atoms with Crippen LogP contribution < -0.4 is 5.32 Å². The quantitative estimate of drug-likeness (QED) is 0.700. The second-order valence-electron chi connectivity index (χ2n) is 9.86. The van der Waals surface area contributed by atoms with Crippen LogP contribution in [0.4, 0.5) is 5.82 Å². The van der Waals surface area contributed by atoms with Gasteiger partial charge >= 0.3 is 0 Å². The largest absolute Gasteiger partial charge is 0.383 e. The van der Waals surface area contributed by atoms with Crippen LogP contribution in [0.15, 0.2) is 30.3 Å². The number of aromatic nitrogens is 2. The van der Waals surface area contributed by atoms with Gasteiger partial charge in [-0.3, -0.25) is 0 Å². The number of anilines is 1. The molecule has 6 nitrogen and oxygen atoms in total. The van der Waals surface area contributed by atoms with E-state index in [0.717, 1.165) is 36.2 Å². The van der Waals surface area contributed by atoms with Crippen molar-refractivity contribution in [1.82, 2.24) is 19.8 Å². The van der Waals surface area contributed by atoms with E-state index in [0.29, 0.717) is 6.61 Å². The fraction of sp³-hybridized carbons (Fsp3) is 0.615. The summed E-state index contributed by atoms with van der Waals surface area (Å²) in [7, 11) is 3.99. The van der Waals surface area contributed by atoms with Crippen LogP contribution in [0.5, 0.6) is 0 Å². The Morgan fingerprint density at radius 2 is 1.78 bits per heavy atom. The van der Waals surface area contributed by atoms with Crippen LogP contribution in [-0.4, -0.2) is 79.3 Å². The lowest BCUT2D eigenvalue weighted by molar-refractivity contribution is 0.0739. The normalized spacial score (nSPS) is 21.7. The first-order valence-corrected chi connectivity index (χ1v) is 12.3. The van der Waals surface area contributed by atoms with E-state index in [9.17, 15) is 0 Å². The van der Waals surface area contributed by atoms with Crippen LogP contribution in [0, 0.1) is 0 Å². The lowest BCUT2D eigenvalue weighted by Gasteiger charge is -2.44. The van der Waals surface area contributed by atoms with E-state index in [2.05, 4.69) is 52.5 Å². The summed E-state index contributed by atoms with van der Waals surface area (Å²) in [6.07, 6.45) is 7.34. The number of nitrogens with zero attached hydrogens (tertiary/aromatic N) is 4. The third-order valence-electron chi connectivity index (χ3n) is 7.95. The topological polar surface area (TPSA) is 53.5 Å². The van der Waals surface area contributed by atoms with Crippen molar-refractivity contribution in [1.29, 1.82) is 0 Å². The molecular weight excluding hydrogens is 398 g/mol. The first kappa shape index (κ1) is 21.8. The molecule has 5 rings (SSSR count). The van der Waals surface area contributed by atoms with E-state index in [1.807, 2.05) is 0 Å². The second-order valence-corrected chi connectivity index (χ2v) is 9.86. The number of hydrogen-bond acceptors (Lipinski definition) is 6. The smallest absolute Gasteiger partial charge is 0.161 e. The molecule has 2 aliphatic heterocycles. The van der Waals surface area contributed by atoms with Crippen LogP contribution in [0.1, 0.15) is 43.4 Å². The molecule has 0 atom stereocenters. The van der Waals surface area contributed by atoms with Crippen molar-refractivity contribution in [2.45, 2.75) is 50.0 Å². The minimum atomic E-state index is 0.210. The van der Waals surface area contributed by atoms with Gasteiger partial charge in [-0.15, -0.1) is 0 Å². The highest BCUT2D eigenvalue weighted by Crippen LogP contribution is 2.48. The lowest BCUT2D eigenvalue weighted by Crippen LogP contribution is -2.49. The third-order valence-corrected chi connectivity index (χ3v) is 7.95. The zero-order valence-electron chi connectivity index (χ0n) is 19.6. The first-order valence-electron chi connectivity index (χ1n) is 12.3. The van der Waals surface area contributed by atoms with E-state index in [-0.39, 0.29) is 5.41 Å². The SMILES string of the molecule is COCCNc1nc(-c2ccccc2)nc2c1CCC21CCN(C2CCN(C)CC2)CC1. The van der Waals surface area contributed by atoms with E-state index < -0.39 is 0 Å². The van der Waals surface area contributed by atoms with E-state index in [4.69, 9.17) is 14.7 Å².